The Hall–Kier alpha value is -1.86. The number of benzene rings is 1. The minimum atomic E-state index is -0.0652. The van der Waals surface area contributed by atoms with Crippen LogP contribution in [0, 0.1) is 6.92 Å². The van der Waals surface area contributed by atoms with E-state index in [1.165, 1.54) is 0 Å². The van der Waals surface area contributed by atoms with Gasteiger partial charge in [0.05, 0.1) is 11.9 Å². The van der Waals surface area contributed by atoms with Gasteiger partial charge in [-0.15, -0.1) is 11.8 Å². The Morgan fingerprint density at radius 1 is 1.39 bits per heavy atom. The predicted octanol–water partition coefficient (Wildman–Crippen LogP) is 2.58. The fraction of sp³-hybridized carbons (Fsp3) is 0.438. The van der Waals surface area contributed by atoms with Gasteiger partial charge < -0.3 is 14.6 Å². The fourth-order valence-corrected chi connectivity index (χ4v) is 3.10. The van der Waals surface area contributed by atoms with Crippen LogP contribution in [0.1, 0.15) is 34.9 Å². The number of carbonyl (C=O) groups excluding carboxylic acids is 1. The first-order valence-corrected chi connectivity index (χ1v) is 8.61. The molecule has 0 saturated carbocycles. The van der Waals surface area contributed by atoms with Crippen LogP contribution in [0.25, 0.3) is 0 Å². The lowest BCUT2D eigenvalue weighted by molar-refractivity contribution is 0.0857. The van der Waals surface area contributed by atoms with Crippen LogP contribution in [0.2, 0.25) is 0 Å². The molecular weight excluding hydrogens is 314 g/mol. The topological polar surface area (TPSA) is 77.2 Å². The van der Waals surface area contributed by atoms with Crippen molar-refractivity contribution in [2.75, 3.05) is 13.2 Å². The molecule has 122 valence electrons. The Bertz CT molecular complexity index is 651. The van der Waals surface area contributed by atoms with E-state index in [1.807, 2.05) is 24.3 Å². The molecular formula is C16H19N3O3S. The quantitative estimate of drug-likeness (QED) is 0.819. The SMILES string of the molecule is Cc1noc(CSc2ccc(C(=O)NC[C@@H]3CCCO3)cc2)n1. The Kier molecular flexibility index (Phi) is 5.30. The largest absolute Gasteiger partial charge is 0.376 e. The van der Waals surface area contributed by atoms with Gasteiger partial charge in [0.1, 0.15) is 0 Å². The molecule has 1 atom stereocenters. The van der Waals surface area contributed by atoms with Crippen molar-refractivity contribution in [3.8, 4) is 0 Å². The molecule has 1 N–H and O–H groups in total. The monoisotopic (exact) mass is 333 g/mol. The first-order valence-electron chi connectivity index (χ1n) is 7.62. The van der Waals surface area contributed by atoms with Crippen molar-refractivity contribution in [2.24, 2.45) is 0 Å². The summed E-state index contributed by atoms with van der Waals surface area (Å²) in [5, 5.41) is 6.67. The summed E-state index contributed by atoms with van der Waals surface area (Å²) < 4.78 is 10.6. The Morgan fingerprint density at radius 3 is 2.87 bits per heavy atom. The molecule has 1 saturated heterocycles. The van der Waals surface area contributed by atoms with Crippen molar-refractivity contribution in [1.82, 2.24) is 15.5 Å². The second-order valence-corrected chi connectivity index (χ2v) is 6.44. The number of amides is 1. The summed E-state index contributed by atoms with van der Waals surface area (Å²) in [5.41, 5.74) is 0.654. The van der Waals surface area contributed by atoms with E-state index in [4.69, 9.17) is 9.26 Å². The molecule has 2 heterocycles. The number of nitrogens with one attached hydrogen (secondary N) is 1. The van der Waals surface area contributed by atoms with Gasteiger partial charge in [0.15, 0.2) is 5.82 Å². The lowest BCUT2D eigenvalue weighted by Gasteiger charge is -2.10. The molecule has 1 amide bonds. The van der Waals surface area contributed by atoms with E-state index in [0.717, 1.165) is 24.3 Å². The molecule has 0 bridgehead atoms. The van der Waals surface area contributed by atoms with Gasteiger partial charge in [0, 0.05) is 23.6 Å². The number of thioether (sulfide) groups is 1. The predicted molar refractivity (Wildman–Crippen MR) is 86.3 cm³/mol. The summed E-state index contributed by atoms with van der Waals surface area (Å²) in [6.07, 6.45) is 2.25. The molecule has 1 aliphatic rings. The molecule has 3 rings (SSSR count). The first-order chi connectivity index (χ1) is 11.2. The van der Waals surface area contributed by atoms with Crippen molar-refractivity contribution in [2.45, 2.75) is 36.5 Å². The molecule has 1 fully saturated rings. The summed E-state index contributed by atoms with van der Waals surface area (Å²) in [7, 11) is 0. The van der Waals surface area contributed by atoms with E-state index in [2.05, 4.69) is 15.5 Å². The van der Waals surface area contributed by atoms with Crippen LogP contribution >= 0.6 is 11.8 Å². The smallest absolute Gasteiger partial charge is 0.251 e. The summed E-state index contributed by atoms with van der Waals surface area (Å²) in [6, 6.07) is 7.50. The van der Waals surface area contributed by atoms with Gasteiger partial charge in [-0.2, -0.15) is 4.98 Å². The first kappa shape index (κ1) is 16.0. The maximum atomic E-state index is 12.1. The summed E-state index contributed by atoms with van der Waals surface area (Å²) in [5.74, 6) is 1.79. The normalized spacial score (nSPS) is 17.3. The van der Waals surface area contributed by atoms with Crippen molar-refractivity contribution >= 4 is 17.7 Å². The van der Waals surface area contributed by atoms with Gasteiger partial charge in [-0.25, -0.2) is 0 Å². The highest BCUT2D eigenvalue weighted by Crippen LogP contribution is 2.22. The number of hydrogen-bond acceptors (Lipinski definition) is 6. The van der Waals surface area contributed by atoms with Crippen LogP contribution in [0.5, 0.6) is 0 Å². The molecule has 0 radical (unpaired) electrons. The zero-order chi connectivity index (χ0) is 16.1. The number of ether oxygens (including phenoxy) is 1. The Morgan fingerprint density at radius 2 is 2.22 bits per heavy atom. The zero-order valence-corrected chi connectivity index (χ0v) is 13.8. The summed E-state index contributed by atoms with van der Waals surface area (Å²) in [4.78, 5) is 17.3. The number of nitrogens with zero attached hydrogens (tertiary/aromatic N) is 2. The molecule has 0 spiro atoms. The molecule has 2 aromatic rings. The average Bonchev–Trinajstić information content (AvgIpc) is 3.22. The van der Waals surface area contributed by atoms with Crippen LogP contribution in [0.15, 0.2) is 33.7 Å². The number of hydrogen-bond donors (Lipinski definition) is 1. The van der Waals surface area contributed by atoms with Crippen LogP contribution in [0.3, 0.4) is 0 Å². The van der Waals surface area contributed by atoms with E-state index in [1.54, 1.807) is 18.7 Å². The summed E-state index contributed by atoms with van der Waals surface area (Å²) >= 11 is 1.59. The number of carbonyl (C=O) groups is 1. The van der Waals surface area contributed by atoms with Crippen molar-refractivity contribution in [3.05, 3.63) is 41.5 Å². The summed E-state index contributed by atoms with van der Waals surface area (Å²) in [6.45, 7) is 3.17. The van der Waals surface area contributed by atoms with Crippen molar-refractivity contribution in [1.29, 1.82) is 0 Å². The molecule has 0 unspecified atom stereocenters. The fourth-order valence-electron chi connectivity index (χ4n) is 2.36. The third kappa shape index (κ3) is 4.56. The van der Waals surface area contributed by atoms with Crippen LogP contribution in [-0.2, 0) is 10.5 Å². The average molecular weight is 333 g/mol. The van der Waals surface area contributed by atoms with E-state index in [9.17, 15) is 4.79 Å². The van der Waals surface area contributed by atoms with Gasteiger partial charge in [0.2, 0.25) is 5.89 Å². The van der Waals surface area contributed by atoms with Gasteiger partial charge >= 0.3 is 0 Å². The minimum absolute atomic E-state index is 0.0652. The molecule has 6 nitrogen and oxygen atoms in total. The highest BCUT2D eigenvalue weighted by atomic mass is 32.2. The number of aryl methyl sites for hydroxylation is 1. The third-order valence-electron chi connectivity index (χ3n) is 3.56. The molecule has 1 aliphatic heterocycles. The highest BCUT2D eigenvalue weighted by Gasteiger charge is 2.16. The van der Waals surface area contributed by atoms with Gasteiger partial charge in [-0.3, -0.25) is 4.79 Å². The van der Waals surface area contributed by atoms with Crippen molar-refractivity contribution < 1.29 is 14.1 Å². The second kappa shape index (κ2) is 7.61. The lowest BCUT2D eigenvalue weighted by Crippen LogP contribution is -2.31. The number of aromatic nitrogens is 2. The van der Waals surface area contributed by atoms with Gasteiger partial charge in [-0.1, -0.05) is 5.16 Å². The van der Waals surface area contributed by atoms with E-state index in [0.29, 0.717) is 29.6 Å². The molecule has 1 aromatic carbocycles. The van der Waals surface area contributed by atoms with E-state index < -0.39 is 0 Å². The maximum Gasteiger partial charge on any atom is 0.251 e. The molecule has 7 heteroatoms. The van der Waals surface area contributed by atoms with Crippen LogP contribution < -0.4 is 5.32 Å². The van der Waals surface area contributed by atoms with Crippen molar-refractivity contribution in [3.63, 3.8) is 0 Å². The zero-order valence-electron chi connectivity index (χ0n) is 12.9. The Balaban J connectivity index is 1.48. The molecule has 1 aromatic heterocycles. The molecule has 0 aliphatic carbocycles. The van der Waals surface area contributed by atoms with Gasteiger partial charge in [-0.05, 0) is 44.0 Å². The molecule has 23 heavy (non-hydrogen) atoms. The third-order valence-corrected chi connectivity index (χ3v) is 4.56. The maximum absolute atomic E-state index is 12.1. The van der Waals surface area contributed by atoms with Crippen LogP contribution in [0.4, 0.5) is 0 Å². The number of rotatable bonds is 6. The standard InChI is InChI=1S/C16H19N3O3S/c1-11-18-15(22-19-11)10-23-14-6-4-12(5-7-14)16(20)17-9-13-3-2-8-21-13/h4-7,13H,2-3,8-10H2,1H3,(H,17,20)/t13-/m0/s1. The minimum Gasteiger partial charge on any atom is -0.376 e. The lowest BCUT2D eigenvalue weighted by atomic mass is 10.2. The van der Waals surface area contributed by atoms with Gasteiger partial charge in [0.25, 0.3) is 5.91 Å². The van der Waals surface area contributed by atoms with E-state index >= 15 is 0 Å². The van der Waals surface area contributed by atoms with E-state index in [-0.39, 0.29) is 12.0 Å². The Labute approximate surface area is 139 Å². The second-order valence-electron chi connectivity index (χ2n) is 5.39. The van der Waals surface area contributed by atoms with Crippen LogP contribution in [-0.4, -0.2) is 35.3 Å². The highest BCUT2D eigenvalue weighted by molar-refractivity contribution is 7.98.